The van der Waals surface area contributed by atoms with Crippen molar-refractivity contribution >= 4 is 11.6 Å². The molecule has 0 spiro atoms. The SMILES string of the molecule is COc1ccc(C(O)C2CCCc3ccccc32)c(Cl)c1. The molecule has 2 atom stereocenters. The van der Waals surface area contributed by atoms with Gasteiger partial charge in [0.2, 0.25) is 0 Å². The summed E-state index contributed by atoms with van der Waals surface area (Å²) in [6, 6.07) is 13.9. The summed E-state index contributed by atoms with van der Waals surface area (Å²) in [7, 11) is 1.61. The van der Waals surface area contributed by atoms with E-state index in [4.69, 9.17) is 16.3 Å². The largest absolute Gasteiger partial charge is 0.497 e. The van der Waals surface area contributed by atoms with Gasteiger partial charge in [0.25, 0.3) is 0 Å². The van der Waals surface area contributed by atoms with E-state index in [9.17, 15) is 5.11 Å². The first kappa shape index (κ1) is 14.4. The van der Waals surface area contributed by atoms with E-state index in [2.05, 4.69) is 18.2 Å². The van der Waals surface area contributed by atoms with Crippen LogP contribution in [-0.2, 0) is 6.42 Å². The van der Waals surface area contributed by atoms with Gasteiger partial charge in [-0.15, -0.1) is 0 Å². The van der Waals surface area contributed by atoms with Crippen molar-refractivity contribution in [3.63, 3.8) is 0 Å². The Bertz CT molecular complexity index is 639. The van der Waals surface area contributed by atoms with Crippen LogP contribution in [0.25, 0.3) is 0 Å². The van der Waals surface area contributed by atoms with Gasteiger partial charge in [0.15, 0.2) is 0 Å². The van der Waals surface area contributed by atoms with E-state index in [1.807, 2.05) is 18.2 Å². The summed E-state index contributed by atoms with van der Waals surface area (Å²) >= 11 is 6.31. The van der Waals surface area contributed by atoms with Gasteiger partial charge in [-0.1, -0.05) is 41.9 Å². The van der Waals surface area contributed by atoms with Crippen molar-refractivity contribution in [3.8, 4) is 5.75 Å². The molecule has 1 aliphatic rings. The quantitative estimate of drug-likeness (QED) is 0.904. The Morgan fingerprint density at radius 1 is 1.24 bits per heavy atom. The van der Waals surface area contributed by atoms with Crippen LogP contribution in [-0.4, -0.2) is 12.2 Å². The van der Waals surface area contributed by atoms with Gasteiger partial charge in [-0.2, -0.15) is 0 Å². The van der Waals surface area contributed by atoms with Crippen molar-refractivity contribution in [2.24, 2.45) is 0 Å². The molecule has 0 fully saturated rings. The zero-order valence-electron chi connectivity index (χ0n) is 12.1. The Hall–Kier alpha value is -1.51. The van der Waals surface area contributed by atoms with Gasteiger partial charge in [0.1, 0.15) is 5.75 Å². The van der Waals surface area contributed by atoms with Crippen molar-refractivity contribution in [3.05, 3.63) is 64.2 Å². The molecule has 0 heterocycles. The molecular weight excluding hydrogens is 284 g/mol. The molecule has 2 unspecified atom stereocenters. The van der Waals surface area contributed by atoms with Crippen molar-refractivity contribution < 1.29 is 9.84 Å². The Morgan fingerprint density at radius 2 is 2.05 bits per heavy atom. The number of hydrogen-bond donors (Lipinski definition) is 1. The van der Waals surface area contributed by atoms with Crippen molar-refractivity contribution in [2.75, 3.05) is 7.11 Å². The molecule has 21 heavy (non-hydrogen) atoms. The number of aryl methyl sites for hydroxylation is 1. The van der Waals surface area contributed by atoms with Crippen LogP contribution in [0.4, 0.5) is 0 Å². The molecule has 0 aliphatic heterocycles. The maximum atomic E-state index is 10.8. The molecule has 110 valence electrons. The van der Waals surface area contributed by atoms with Gasteiger partial charge >= 0.3 is 0 Å². The predicted octanol–water partition coefficient (Wildman–Crippen LogP) is 4.50. The van der Waals surface area contributed by atoms with E-state index in [-0.39, 0.29) is 5.92 Å². The molecule has 1 aliphatic carbocycles. The zero-order chi connectivity index (χ0) is 14.8. The minimum absolute atomic E-state index is 0.112. The number of fused-ring (bicyclic) bond motifs is 1. The highest BCUT2D eigenvalue weighted by molar-refractivity contribution is 6.31. The number of aliphatic hydroxyl groups excluding tert-OH is 1. The summed E-state index contributed by atoms with van der Waals surface area (Å²) in [5.74, 6) is 0.820. The average molecular weight is 303 g/mol. The van der Waals surface area contributed by atoms with E-state index in [0.717, 1.165) is 24.8 Å². The van der Waals surface area contributed by atoms with Gasteiger partial charge in [-0.05, 0) is 48.1 Å². The Kier molecular flexibility index (Phi) is 4.18. The normalized spacial score (nSPS) is 18.9. The van der Waals surface area contributed by atoms with Gasteiger partial charge in [0.05, 0.1) is 18.2 Å². The van der Waals surface area contributed by atoms with E-state index in [1.54, 1.807) is 13.2 Å². The molecule has 0 bridgehead atoms. The first-order chi connectivity index (χ1) is 10.2. The number of methoxy groups -OCH3 is 1. The third-order valence-electron chi connectivity index (χ3n) is 4.32. The maximum Gasteiger partial charge on any atom is 0.120 e. The third-order valence-corrected chi connectivity index (χ3v) is 4.65. The lowest BCUT2D eigenvalue weighted by atomic mass is 9.78. The first-order valence-electron chi connectivity index (χ1n) is 7.30. The molecule has 3 rings (SSSR count). The van der Waals surface area contributed by atoms with Crippen molar-refractivity contribution in [1.29, 1.82) is 0 Å². The molecule has 0 radical (unpaired) electrons. The minimum Gasteiger partial charge on any atom is -0.497 e. The summed E-state index contributed by atoms with van der Waals surface area (Å²) in [6.07, 6.45) is 2.60. The molecule has 0 aromatic heterocycles. The molecule has 0 saturated heterocycles. The van der Waals surface area contributed by atoms with Crippen LogP contribution in [0.15, 0.2) is 42.5 Å². The number of aliphatic hydroxyl groups is 1. The topological polar surface area (TPSA) is 29.5 Å². The summed E-state index contributed by atoms with van der Waals surface area (Å²) in [5.41, 5.74) is 3.37. The Balaban J connectivity index is 1.94. The van der Waals surface area contributed by atoms with Crippen LogP contribution in [0.5, 0.6) is 5.75 Å². The molecule has 2 aromatic carbocycles. The highest BCUT2D eigenvalue weighted by atomic mass is 35.5. The second kappa shape index (κ2) is 6.08. The third kappa shape index (κ3) is 2.78. The van der Waals surface area contributed by atoms with Crippen molar-refractivity contribution in [1.82, 2.24) is 0 Å². The van der Waals surface area contributed by atoms with Crippen molar-refractivity contribution in [2.45, 2.75) is 31.3 Å². The lowest BCUT2D eigenvalue weighted by Crippen LogP contribution is -2.17. The van der Waals surface area contributed by atoms with Crippen LogP contribution >= 0.6 is 11.6 Å². The first-order valence-corrected chi connectivity index (χ1v) is 7.68. The number of rotatable bonds is 3. The van der Waals surface area contributed by atoms with Crippen LogP contribution < -0.4 is 4.74 Å². The highest BCUT2D eigenvalue weighted by Gasteiger charge is 2.28. The molecule has 3 heteroatoms. The highest BCUT2D eigenvalue weighted by Crippen LogP contribution is 2.42. The van der Waals surface area contributed by atoms with Crippen LogP contribution in [0.2, 0.25) is 5.02 Å². The van der Waals surface area contributed by atoms with E-state index < -0.39 is 6.10 Å². The smallest absolute Gasteiger partial charge is 0.120 e. The standard InChI is InChI=1S/C18H19ClO2/c1-21-13-9-10-16(17(19)11-13)18(20)15-8-4-6-12-5-2-3-7-14(12)15/h2-3,5,7,9-11,15,18,20H,4,6,8H2,1H3. The summed E-state index contributed by atoms with van der Waals surface area (Å²) in [4.78, 5) is 0. The maximum absolute atomic E-state index is 10.8. The second-order valence-corrected chi connectivity index (χ2v) is 5.94. The molecule has 2 aromatic rings. The van der Waals surface area contributed by atoms with Gasteiger partial charge in [-0.25, -0.2) is 0 Å². The predicted molar refractivity (Wildman–Crippen MR) is 85.1 cm³/mol. The summed E-state index contributed by atoms with van der Waals surface area (Å²) in [6.45, 7) is 0. The van der Waals surface area contributed by atoms with Gasteiger partial charge in [-0.3, -0.25) is 0 Å². The summed E-state index contributed by atoms with van der Waals surface area (Å²) in [5, 5.41) is 11.4. The zero-order valence-corrected chi connectivity index (χ0v) is 12.8. The van der Waals surface area contributed by atoms with Crippen LogP contribution in [0.3, 0.4) is 0 Å². The minimum atomic E-state index is -0.579. The second-order valence-electron chi connectivity index (χ2n) is 5.53. The van der Waals surface area contributed by atoms with E-state index in [0.29, 0.717) is 10.8 Å². The van der Waals surface area contributed by atoms with Gasteiger partial charge < -0.3 is 9.84 Å². The van der Waals surface area contributed by atoms with Crippen LogP contribution in [0.1, 0.15) is 41.6 Å². The Morgan fingerprint density at radius 3 is 2.81 bits per heavy atom. The number of ether oxygens (including phenoxy) is 1. The lowest BCUT2D eigenvalue weighted by Gasteiger charge is -2.30. The molecule has 1 N–H and O–H groups in total. The van der Waals surface area contributed by atoms with E-state index >= 15 is 0 Å². The van der Waals surface area contributed by atoms with Crippen LogP contribution in [0, 0.1) is 0 Å². The fourth-order valence-electron chi connectivity index (χ4n) is 3.21. The Labute approximate surface area is 130 Å². The van der Waals surface area contributed by atoms with E-state index in [1.165, 1.54) is 11.1 Å². The fraction of sp³-hybridized carbons (Fsp3) is 0.333. The molecule has 2 nitrogen and oxygen atoms in total. The average Bonchev–Trinajstić information content (AvgIpc) is 2.53. The summed E-state index contributed by atoms with van der Waals surface area (Å²) < 4.78 is 5.17. The molecular formula is C18H19ClO2. The van der Waals surface area contributed by atoms with Gasteiger partial charge in [0, 0.05) is 5.92 Å². The number of benzene rings is 2. The number of hydrogen-bond acceptors (Lipinski definition) is 2. The fourth-order valence-corrected chi connectivity index (χ4v) is 3.49. The number of halogens is 1. The monoisotopic (exact) mass is 302 g/mol. The molecule has 0 saturated carbocycles. The lowest BCUT2D eigenvalue weighted by molar-refractivity contribution is 0.136. The molecule has 0 amide bonds.